The fraction of sp³-hybridized carbons (Fsp3) is 0.429. The molecule has 0 N–H and O–H groups in total. The average Bonchev–Trinajstić information content (AvgIpc) is 2.74. The monoisotopic (exact) mass is 345 g/mol. The van der Waals surface area contributed by atoms with Crippen LogP contribution in [0.5, 0.6) is 5.75 Å². The van der Waals surface area contributed by atoms with E-state index in [-0.39, 0.29) is 0 Å². The Kier molecular flexibility index (Phi) is 6.70. The fourth-order valence-electron chi connectivity index (χ4n) is 3.41. The molecule has 24 heavy (non-hydrogen) atoms. The van der Waals surface area contributed by atoms with Crippen molar-refractivity contribution in [1.82, 2.24) is 4.90 Å². The van der Waals surface area contributed by atoms with Crippen molar-refractivity contribution in [3.8, 4) is 5.75 Å². The molecule has 1 aliphatic heterocycles. The minimum Gasteiger partial charge on any atom is -0.495 e. The molecule has 3 rings (SSSR count). The highest BCUT2D eigenvalue weighted by Crippen LogP contribution is 2.39. The largest absolute Gasteiger partial charge is 0.495 e. The molecule has 0 aliphatic carbocycles. The van der Waals surface area contributed by atoms with Crippen LogP contribution in [0.4, 0.5) is 0 Å². The normalized spacial score (nSPS) is 20.4. The highest BCUT2D eigenvalue weighted by molar-refractivity contribution is 6.32. The van der Waals surface area contributed by atoms with E-state index in [4.69, 9.17) is 16.3 Å². The molecule has 0 spiro atoms. The van der Waals surface area contributed by atoms with Gasteiger partial charge in [0.15, 0.2) is 0 Å². The Morgan fingerprint density at radius 3 is 2.42 bits per heavy atom. The van der Waals surface area contributed by atoms with Gasteiger partial charge >= 0.3 is 0 Å². The van der Waals surface area contributed by atoms with E-state index in [1.807, 2.05) is 13.8 Å². The van der Waals surface area contributed by atoms with Gasteiger partial charge in [0.1, 0.15) is 5.75 Å². The molecule has 0 amide bonds. The highest BCUT2D eigenvalue weighted by atomic mass is 35.5. The van der Waals surface area contributed by atoms with E-state index in [9.17, 15) is 0 Å². The Bertz CT molecular complexity index is 656. The van der Waals surface area contributed by atoms with E-state index >= 15 is 0 Å². The predicted molar refractivity (Wildman–Crippen MR) is 103 cm³/mol. The second-order valence-corrected chi connectivity index (χ2v) is 6.45. The Morgan fingerprint density at radius 2 is 1.79 bits per heavy atom. The number of ether oxygens (including phenoxy) is 1. The Labute approximate surface area is 151 Å². The van der Waals surface area contributed by atoms with Gasteiger partial charge < -0.3 is 9.64 Å². The third-order valence-electron chi connectivity index (χ3n) is 4.82. The number of halogens is 1. The van der Waals surface area contributed by atoms with Crippen LogP contribution >= 0.6 is 11.6 Å². The Hall–Kier alpha value is -1.51. The summed E-state index contributed by atoms with van der Waals surface area (Å²) < 4.78 is 5.45. The van der Waals surface area contributed by atoms with Gasteiger partial charge in [-0.05, 0) is 49.2 Å². The maximum absolute atomic E-state index is 6.34. The molecule has 130 valence electrons. The van der Waals surface area contributed by atoms with Crippen LogP contribution in [0, 0.1) is 0 Å². The maximum Gasteiger partial charge on any atom is 0.137 e. The third kappa shape index (κ3) is 3.76. The second kappa shape index (κ2) is 8.55. The van der Waals surface area contributed by atoms with Crippen molar-refractivity contribution in [1.29, 1.82) is 0 Å². The highest BCUT2D eigenvalue weighted by Gasteiger charge is 2.30. The Morgan fingerprint density at radius 1 is 1.12 bits per heavy atom. The van der Waals surface area contributed by atoms with Crippen LogP contribution in [0.15, 0.2) is 42.5 Å². The van der Waals surface area contributed by atoms with E-state index in [2.05, 4.69) is 61.3 Å². The second-order valence-electron chi connectivity index (χ2n) is 6.05. The van der Waals surface area contributed by atoms with Crippen LogP contribution in [-0.4, -0.2) is 31.6 Å². The SMILES string of the molecule is CC.COc1cc2c(cc1Cl)CCN(C)[C@@H](C)[C@@H]2c1ccccc1. The molecular weight excluding hydrogens is 318 g/mol. The quantitative estimate of drug-likeness (QED) is 0.724. The summed E-state index contributed by atoms with van der Waals surface area (Å²) in [4.78, 5) is 2.43. The van der Waals surface area contributed by atoms with Crippen LogP contribution in [0.25, 0.3) is 0 Å². The van der Waals surface area contributed by atoms with Gasteiger partial charge in [0.25, 0.3) is 0 Å². The number of fused-ring (bicyclic) bond motifs is 1. The topological polar surface area (TPSA) is 12.5 Å². The van der Waals surface area contributed by atoms with E-state index in [1.165, 1.54) is 16.7 Å². The van der Waals surface area contributed by atoms with Crippen molar-refractivity contribution in [2.75, 3.05) is 20.7 Å². The first-order valence-electron chi connectivity index (χ1n) is 8.73. The summed E-state index contributed by atoms with van der Waals surface area (Å²) in [6.45, 7) is 7.34. The van der Waals surface area contributed by atoms with E-state index < -0.39 is 0 Å². The number of nitrogens with zero attached hydrogens (tertiary/aromatic N) is 1. The van der Waals surface area contributed by atoms with Gasteiger partial charge in [-0.3, -0.25) is 0 Å². The standard InChI is InChI=1S/C19H22ClNO.C2H6/c1-13-19(14-7-5-4-6-8-14)16-12-18(22-3)17(20)11-15(16)9-10-21(13)2;1-2/h4-8,11-13,19H,9-10H2,1-3H3;1-2H3/t13-,19+;/m0./s1. The van der Waals surface area contributed by atoms with Crippen LogP contribution in [0.3, 0.4) is 0 Å². The van der Waals surface area contributed by atoms with Gasteiger partial charge in [-0.15, -0.1) is 0 Å². The van der Waals surface area contributed by atoms with Gasteiger partial charge in [0.05, 0.1) is 12.1 Å². The van der Waals surface area contributed by atoms with Gasteiger partial charge in [-0.25, -0.2) is 0 Å². The van der Waals surface area contributed by atoms with E-state index in [0.717, 1.165) is 18.7 Å². The van der Waals surface area contributed by atoms with Crippen LogP contribution < -0.4 is 4.74 Å². The molecule has 2 aromatic rings. The van der Waals surface area contributed by atoms with Crippen molar-refractivity contribution in [3.05, 3.63) is 64.2 Å². The van der Waals surface area contributed by atoms with E-state index in [0.29, 0.717) is 17.0 Å². The molecule has 3 heteroatoms. The number of methoxy groups -OCH3 is 1. The summed E-state index contributed by atoms with van der Waals surface area (Å²) in [6, 6.07) is 15.4. The summed E-state index contributed by atoms with van der Waals surface area (Å²) in [5.41, 5.74) is 4.01. The first-order chi connectivity index (χ1) is 11.6. The lowest BCUT2D eigenvalue weighted by Gasteiger charge is -2.30. The zero-order valence-electron chi connectivity index (χ0n) is 15.3. The molecule has 0 radical (unpaired) electrons. The summed E-state index contributed by atoms with van der Waals surface area (Å²) in [7, 11) is 3.88. The van der Waals surface area contributed by atoms with E-state index in [1.54, 1.807) is 7.11 Å². The lowest BCUT2D eigenvalue weighted by Crippen LogP contribution is -2.34. The predicted octanol–water partition coefficient (Wildman–Crippen LogP) is 5.38. The summed E-state index contributed by atoms with van der Waals surface area (Å²) >= 11 is 6.34. The van der Waals surface area contributed by atoms with Crippen LogP contribution in [-0.2, 0) is 6.42 Å². The smallest absolute Gasteiger partial charge is 0.137 e. The van der Waals surface area contributed by atoms with Crippen molar-refractivity contribution in [2.45, 2.75) is 39.2 Å². The minimum absolute atomic E-state index is 0.329. The molecule has 1 heterocycles. The number of rotatable bonds is 2. The number of hydrogen-bond donors (Lipinski definition) is 0. The molecule has 2 nitrogen and oxygen atoms in total. The van der Waals surface area contributed by atoms with Crippen molar-refractivity contribution in [3.63, 3.8) is 0 Å². The molecule has 0 bridgehead atoms. The molecule has 0 aromatic heterocycles. The van der Waals surface area contributed by atoms with Crippen molar-refractivity contribution >= 4 is 11.6 Å². The van der Waals surface area contributed by atoms with Gasteiger partial charge in [-0.1, -0.05) is 55.8 Å². The molecule has 1 aliphatic rings. The number of benzene rings is 2. The zero-order valence-corrected chi connectivity index (χ0v) is 16.1. The lowest BCUT2D eigenvalue weighted by atomic mass is 9.83. The molecule has 2 aromatic carbocycles. The van der Waals surface area contributed by atoms with Gasteiger partial charge in [0, 0.05) is 18.5 Å². The van der Waals surface area contributed by atoms with Crippen LogP contribution in [0.1, 0.15) is 43.4 Å². The van der Waals surface area contributed by atoms with Gasteiger partial charge in [-0.2, -0.15) is 0 Å². The first-order valence-corrected chi connectivity index (χ1v) is 9.11. The first kappa shape index (κ1) is 18.8. The van der Waals surface area contributed by atoms with Gasteiger partial charge in [0.2, 0.25) is 0 Å². The van der Waals surface area contributed by atoms with Crippen molar-refractivity contribution in [2.24, 2.45) is 0 Å². The molecular formula is C21H28ClNO. The minimum atomic E-state index is 0.329. The maximum atomic E-state index is 6.34. The number of hydrogen-bond acceptors (Lipinski definition) is 2. The lowest BCUT2D eigenvalue weighted by molar-refractivity contribution is 0.250. The molecule has 0 fully saturated rings. The van der Waals surface area contributed by atoms with Crippen LogP contribution in [0.2, 0.25) is 5.02 Å². The fourth-order valence-corrected chi connectivity index (χ4v) is 3.67. The van der Waals surface area contributed by atoms with Crippen molar-refractivity contribution < 1.29 is 4.74 Å². The summed E-state index contributed by atoms with van der Waals surface area (Å²) in [5.74, 6) is 1.09. The summed E-state index contributed by atoms with van der Waals surface area (Å²) in [5, 5.41) is 0.699. The third-order valence-corrected chi connectivity index (χ3v) is 5.11. The number of likely N-dealkylation sites (N-methyl/N-ethyl adjacent to an activating group) is 1. The molecule has 0 unspecified atom stereocenters. The molecule has 2 atom stereocenters. The molecule has 0 saturated heterocycles. The summed E-state index contributed by atoms with van der Waals surface area (Å²) in [6.07, 6.45) is 1.02. The zero-order chi connectivity index (χ0) is 17.7. The average molecular weight is 346 g/mol. The Balaban J connectivity index is 0.00000100. The molecule has 0 saturated carbocycles.